The first-order valence-corrected chi connectivity index (χ1v) is 8.27. The fourth-order valence-corrected chi connectivity index (χ4v) is 2.66. The molecular formula is C18H20O3S. The molecule has 0 heterocycles. The van der Waals surface area contributed by atoms with Gasteiger partial charge in [0, 0.05) is 22.3 Å². The molecule has 2 aromatic rings. The Morgan fingerprint density at radius 2 is 1.73 bits per heavy atom. The normalized spacial score (nSPS) is 10.3. The third kappa shape index (κ3) is 5.11. The summed E-state index contributed by atoms with van der Waals surface area (Å²) in [4.78, 5) is 12.3. The Hall–Kier alpha value is -1.94. The largest absolute Gasteiger partial charge is 0.494 e. The molecule has 0 fully saturated rings. The summed E-state index contributed by atoms with van der Waals surface area (Å²) < 4.78 is 11.2. The number of ketones is 1. The zero-order valence-corrected chi connectivity index (χ0v) is 13.7. The molecule has 0 saturated carbocycles. The average Bonchev–Trinajstić information content (AvgIpc) is 2.53. The fourth-order valence-electron chi connectivity index (χ4n) is 1.93. The van der Waals surface area contributed by atoms with Crippen molar-refractivity contribution in [2.24, 2.45) is 0 Å². The molecule has 4 heteroatoms. The van der Waals surface area contributed by atoms with Gasteiger partial charge in [0.15, 0.2) is 5.78 Å². The van der Waals surface area contributed by atoms with Crippen LogP contribution in [0.15, 0.2) is 53.4 Å². The van der Waals surface area contributed by atoms with Crippen LogP contribution in [0.3, 0.4) is 0 Å². The predicted octanol–water partition coefficient (Wildman–Crippen LogP) is 4.46. The van der Waals surface area contributed by atoms with Crippen molar-refractivity contribution in [1.82, 2.24) is 0 Å². The van der Waals surface area contributed by atoms with E-state index in [0.29, 0.717) is 13.2 Å². The molecule has 0 atom stereocenters. The summed E-state index contributed by atoms with van der Waals surface area (Å²) in [6.07, 6.45) is 0. The minimum absolute atomic E-state index is 0.0917. The maximum Gasteiger partial charge on any atom is 0.159 e. The second-order valence-electron chi connectivity index (χ2n) is 4.69. The molecule has 0 amide bonds. The third-order valence-electron chi connectivity index (χ3n) is 3.00. The van der Waals surface area contributed by atoms with Crippen molar-refractivity contribution in [2.45, 2.75) is 18.7 Å². The molecule has 0 aliphatic heterocycles. The van der Waals surface area contributed by atoms with Gasteiger partial charge in [-0.1, -0.05) is 18.2 Å². The first-order chi connectivity index (χ1) is 10.7. The van der Waals surface area contributed by atoms with E-state index in [4.69, 9.17) is 9.47 Å². The van der Waals surface area contributed by atoms with Crippen LogP contribution in [0.5, 0.6) is 11.5 Å². The molecule has 0 aromatic heterocycles. The molecule has 0 radical (unpaired) electrons. The summed E-state index contributed by atoms with van der Waals surface area (Å²) in [7, 11) is 0. The van der Waals surface area contributed by atoms with E-state index in [2.05, 4.69) is 0 Å². The lowest BCUT2D eigenvalue weighted by molar-refractivity contribution is 0.101. The highest BCUT2D eigenvalue weighted by atomic mass is 32.2. The Morgan fingerprint density at radius 3 is 2.36 bits per heavy atom. The maximum atomic E-state index is 11.2. The van der Waals surface area contributed by atoms with Crippen molar-refractivity contribution in [3.63, 3.8) is 0 Å². The number of ether oxygens (including phenoxy) is 2. The van der Waals surface area contributed by atoms with E-state index in [-0.39, 0.29) is 5.78 Å². The lowest BCUT2D eigenvalue weighted by Gasteiger charge is -2.08. The molecule has 0 bridgehead atoms. The number of carbonyl (C=O) groups excluding carboxylic acids is 1. The van der Waals surface area contributed by atoms with E-state index in [1.54, 1.807) is 18.7 Å². The van der Waals surface area contributed by atoms with Crippen LogP contribution >= 0.6 is 11.8 Å². The topological polar surface area (TPSA) is 35.5 Å². The van der Waals surface area contributed by atoms with Crippen LogP contribution < -0.4 is 9.47 Å². The van der Waals surface area contributed by atoms with Gasteiger partial charge >= 0.3 is 0 Å². The lowest BCUT2D eigenvalue weighted by atomic mass is 10.2. The minimum Gasteiger partial charge on any atom is -0.494 e. The SMILES string of the molecule is CCOc1cccc(OCCSc2ccc(C(C)=O)cc2)c1. The zero-order valence-electron chi connectivity index (χ0n) is 12.9. The fraction of sp³-hybridized carbons (Fsp3) is 0.278. The van der Waals surface area contributed by atoms with E-state index in [1.807, 2.05) is 55.5 Å². The van der Waals surface area contributed by atoms with E-state index in [1.165, 1.54) is 0 Å². The Labute approximate surface area is 135 Å². The van der Waals surface area contributed by atoms with Gasteiger partial charge in [-0.25, -0.2) is 0 Å². The van der Waals surface area contributed by atoms with Gasteiger partial charge in [-0.2, -0.15) is 0 Å². The summed E-state index contributed by atoms with van der Waals surface area (Å²) in [5.74, 6) is 2.58. The van der Waals surface area contributed by atoms with Crippen LogP contribution in [0, 0.1) is 0 Å². The average molecular weight is 316 g/mol. The highest BCUT2D eigenvalue weighted by Gasteiger charge is 2.01. The van der Waals surface area contributed by atoms with Crippen molar-refractivity contribution >= 4 is 17.5 Å². The highest BCUT2D eigenvalue weighted by molar-refractivity contribution is 7.99. The molecule has 0 saturated heterocycles. The van der Waals surface area contributed by atoms with E-state index in [0.717, 1.165) is 27.7 Å². The van der Waals surface area contributed by atoms with Crippen LogP contribution in [0.25, 0.3) is 0 Å². The molecular weight excluding hydrogens is 296 g/mol. The quantitative estimate of drug-likeness (QED) is 0.409. The van der Waals surface area contributed by atoms with Gasteiger partial charge in [-0.15, -0.1) is 11.8 Å². The summed E-state index contributed by atoms with van der Waals surface area (Å²) in [5.41, 5.74) is 0.744. The van der Waals surface area contributed by atoms with Gasteiger partial charge in [-0.05, 0) is 38.1 Å². The molecule has 116 valence electrons. The van der Waals surface area contributed by atoms with Gasteiger partial charge in [0.25, 0.3) is 0 Å². The second-order valence-corrected chi connectivity index (χ2v) is 5.85. The Balaban J connectivity index is 1.77. The van der Waals surface area contributed by atoms with Crippen LogP contribution in [0.4, 0.5) is 0 Å². The van der Waals surface area contributed by atoms with Crippen LogP contribution in [0.1, 0.15) is 24.2 Å². The van der Waals surface area contributed by atoms with Gasteiger partial charge in [0.1, 0.15) is 11.5 Å². The van der Waals surface area contributed by atoms with Crippen molar-refractivity contribution in [3.05, 3.63) is 54.1 Å². The third-order valence-corrected chi connectivity index (χ3v) is 3.97. The number of rotatable bonds is 8. The van der Waals surface area contributed by atoms with Crippen molar-refractivity contribution in [3.8, 4) is 11.5 Å². The van der Waals surface area contributed by atoms with Crippen molar-refractivity contribution in [2.75, 3.05) is 19.0 Å². The first-order valence-electron chi connectivity index (χ1n) is 7.28. The Morgan fingerprint density at radius 1 is 1.05 bits per heavy atom. The Bertz CT molecular complexity index is 608. The van der Waals surface area contributed by atoms with Gasteiger partial charge in [0.05, 0.1) is 13.2 Å². The van der Waals surface area contributed by atoms with Crippen molar-refractivity contribution < 1.29 is 14.3 Å². The van der Waals surface area contributed by atoms with Gasteiger partial charge < -0.3 is 9.47 Å². The smallest absolute Gasteiger partial charge is 0.159 e. The highest BCUT2D eigenvalue weighted by Crippen LogP contribution is 2.21. The molecule has 2 aromatic carbocycles. The van der Waals surface area contributed by atoms with Gasteiger partial charge in [-0.3, -0.25) is 4.79 Å². The van der Waals surface area contributed by atoms with Crippen LogP contribution in [0.2, 0.25) is 0 Å². The number of Topliss-reactive ketones (excluding diaryl/α,β-unsaturated/α-hetero) is 1. The number of hydrogen-bond acceptors (Lipinski definition) is 4. The molecule has 0 N–H and O–H groups in total. The number of hydrogen-bond donors (Lipinski definition) is 0. The van der Waals surface area contributed by atoms with Gasteiger partial charge in [0.2, 0.25) is 0 Å². The molecule has 0 aliphatic carbocycles. The summed E-state index contributed by atoms with van der Waals surface area (Å²) in [6, 6.07) is 15.3. The zero-order chi connectivity index (χ0) is 15.8. The molecule has 3 nitrogen and oxygen atoms in total. The molecule has 2 rings (SSSR count). The minimum atomic E-state index is 0.0917. The lowest BCUT2D eigenvalue weighted by Crippen LogP contribution is -2.00. The van der Waals surface area contributed by atoms with Crippen LogP contribution in [-0.2, 0) is 0 Å². The van der Waals surface area contributed by atoms with Crippen molar-refractivity contribution in [1.29, 1.82) is 0 Å². The molecule has 0 aliphatic rings. The molecule has 0 unspecified atom stereocenters. The molecule has 22 heavy (non-hydrogen) atoms. The van der Waals surface area contributed by atoms with E-state index < -0.39 is 0 Å². The standard InChI is InChI=1S/C18H20O3S/c1-3-20-16-5-4-6-17(13-16)21-11-12-22-18-9-7-15(8-10-18)14(2)19/h4-10,13H,3,11-12H2,1-2H3. The van der Waals surface area contributed by atoms with Crippen LogP contribution in [-0.4, -0.2) is 24.7 Å². The second kappa shape index (κ2) is 8.49. The first kappa shape index (κ1) is 16.4. The summed E-state index contributed by atoms with van der Waals surface area (Å²) >= 11 is 1.71. The number of benzene rings is 2. The Kier molecular flexibility index (Phi) is 6.34. The summed E-state index contributed by atoms with van der Waals surface area (Å²) in [6.45, 7) is 4.80. The number of carbonyl (C=O) groups is 1. The monoisotopic (exact) mass is 316 g/mol. The molecule has 0 spiro atoms. The maximum absolute atomic E-state index is 11.2. The van der Waals surface area contributed by atoms with E-state index >= 15 is 0 Å². The number of thioether (sulfide) groups is 1. The van der Waals surface area contributed by atoms with E-state index in [9.17, 15) is 4.79 Å². The summed E-state index contributed by atoms with van der Waals surface area (Å²) in [5, 5.41) is 0. The predicted molar refractivity (Wildman–Crippen MR) is 90.3 cm³/mol.